The highest BCUT2D eigenvalue weighted by Gasteiger charge is 2.30. The van der Waals surface area contributed by atoms with Gasteiger partial charge in [-0.2, -0.15) is 0 Å². The van der Waals surface area contributed by atoms with Crippen molar-refractivity contribution in [2.45, 2.75) is 104 Å². The number of thiazole rings is 1. The number of rotatable bonds is 17. The first kappa shape index (κ1) is 32.1. The molecule has 1 aromatic carbocycles. The van der Waals surface area contributed by atoms with Crippen LogP contribution < -0.4 is 5.32 Å². The van der Waals surface area contributed by atoms with Crippen LogP contribution in [0.3, 0.4) is 0 Å². The molecule has 7 heteroatoms. The number of fused-ring (bicyclic) bond motifs is 1. The van der Waals surface area contributed by atoms with E-state index < -0.39 is 5.92 Å². The van der Waals surface area contributed by atoms with E-state index in [0.717, 1.165) is 60.4 Å². The standard InChI is InChI=1S/C33H49N3O3S/c1-6-24-15-16-29-31(19-24)40-32(34-29)21-26(20-27(37)7-2)33(39)35-28(25-13-11-10-12-14-25)17-18-30(38)23(5)22-36(8-3)9-4/h15-16,19,25-26,28H,5-14,17-18,20-22H2,1-4H3,(H,35,39)/t26-,28+/m0/s1. The first-order chi connectivity index (χ1) is 19.3. The zero-order chi connectivity index (χ0) is 29.1. The minimum Gasteiger partial charge on any atom is -0.353 e. The van der Waals surface area contributed by atoms with Crippen molar-refractivity contribution in [3.05, 3.63) is 40.9 Å². The largest absolute Gasteiger partial charge is 0.353 e. The molecule has 1 fully saturated rings. The van der Waals surface area contributed by atoms with Gasteiger partial charge in [-0.25, -0.2) is 4.98 Å². The highest BCUT2D eigenvalue weighted by Crippen LogP contribution is 2.30. The van der Waals surface area contributed by atoms with E-state index in [2.05, 4.69) is 49.7 Å². The third-order valence-electron chi connectivity index (χ3n) is 8.50. The molecule has 2 atom stereocenters. The molecule has 40 heavy (non-hydrogen) atoms. The number of hydrogen-bond acceptors (Lipinski definition) is 6. The Morgan fingerprint density at radius 2 is 1.82 bits per heavy atom. The second kappa shape index (κ2) is 16.2. The van der Waals surface area contributed by atoms with E-state index in [0.29, 0.717) is 43.7 Å². The maximum atomic E-state index is 13.8. The summed E-state index contributed by atoms with van der Waals surface area (Å²) >= 11 is 1.62. The number of nitrogens with zero attached hydrogens (tertiary/aromatic N) is 2. The molecule has 0 radical (unpaired) electrons. The normalized spacial score (nSPS) is 15.7. The Bertz CT molecular complexity index is 1150. The number of benzene rings is 1. The van der Waals surface area contributed by atoms with E-state index in [1.54, 1.807) is 11.3 Å². The highest BCUT2D eigenvalue weighted by atomic mass is 32.1. The molecular formula is C33H49N3O3S. The molecule has 0 aliphatic heterocycles. The summed E-state index contributed by atoms with van der Waals surface area (Å²) < 4.78 is 1.12. The van der Waals surface area contributed by atoms with Crippen molar-refractivity contribution in [1.82, 2.24) is 15.2 Å². The molecule has 1 aromatic heterocycles. The van der Waals surface area contributed by atoms with E-state index >= 15 is 0 Å². The Balaban J connectivity index is 1.73. The third-order valence-corrected chi connectivity index (χ3v) is 9.54. The van der Waals surface area contributed by atoms with E-state index in [-0.39, 0.29) is 29.9 Å². The minimum absolute atomic E-state index is 0.0697. The van der Waals surface area contributed by atoms with Crippen molar-refractivity contribution in [2.75, 3.05) is 19.6 Å². The van der Waals surface area contributed by atoms with Gasteiger partial charge in [-0.05, 0) is 62.4 Å². The van der Waals surface area contributed by atoms with Gasteiger partial charge in [-0.3, -0.25) is 19.3 Å². The summed E-state index contributed by atoms with van der Waals surface area (Å²) in [6.45, 7) is 14.6. The lowest BCUT2D eigenvalue weighted by Crippen LogP contribution is -2.45. The van der Waals surface area contributed by atoms with Crippen molar-refractivity contribution in [1.29, 1.82) is 0 Å². The Morgan fingerprint density at radius 1 is 1.10 bits per heavy atom. The Kier molecular flexibility index (Phi) is 13.0. The average Bonchev–Trinajstić information content (AvgIpc) is 3.38. The number of likely N-dealkylation sites (N-methyl/N-ethyl adjacent to an activating group) is 1. The van der Waals surface area contributed by atoms with Gasteiger partial charge in [0.25, 0.3) is 0 Å². The molecule has 6 nitrogen and oxygen atoms in total. The van der Waals surface area contributed by atoms with Crippen LogP contribution in [0.15, 0.2) is 30.4 Å². The van der Waals surface area contributed by atoms with Crippen molar-refractivity contribution in [3.63, 3.8) is 0 Å². The number of hydrogen-bond donors (Lipinski definition) is 1. The lowest BCUT2D eigenvalue weighted by molar-refractivity contribution is -0.130. The molecule has 0 spiro atoms. The van der Waals surface area contributed by atoms with Crippen molar-refractivity contribution < 1.29 is 14.4 Å². The fraction of sp³-hybridized carbons (Fsp3) is 0.636. The smallest absolute Gasteiger partial charge is 0.224 e. The second-order valence-corrected chi connectivity index (χ2v) is 12.4. The van der Waals surface area contributed by atoms with Crippen LogP contribution >= 0.6 is 11.3 Å². The quantitative estimate of drug-likeness (QED) is 0.215. The summed E-state index contributed by atoms with van der Waals surface area (Å²) in [6.07, 6.45) is 8.72. The number of Topliss-reactive ketones (excluding diaryl/α,β-unsaturated/α-hetero) is 2. The van der Waals surface area contributed by atoms with Gasteiger partial charge >= 0.3 is 0 Å². The van der Waals surface area contributed by atoms with Gasteiger partial charge in [-0.1, -0.05) is 59.6 Å². The average molecular weight is 568 g/mol. The summed E-state index contributed by atoms with van der Waals surface area (Å²) in [7, 11) is 0. The molecule has 2 aromatic rings. The molecule has 1 aliphatic carbocycles. The first-order valence-electron chi connectivity index (χ1n) is 15.4. The monoisotopic (exact) mass is 567 g/mol. The van der Waals surface area contributed by atoms with Crippen LogP contribution in [0.5, 0.6) is 0 Å². The molecule has 1 saturated carbocycles. The highest BCUT2D eigenvalue weighted by molar-refractivity contribution is 7.18. The Morgan fingerprint density at radius 3 is 2.48 bits per heavy atom. The molecule has 0 unspecified atom stereocenters. The number of amides is 1. The van der Waals surface area contributed by atoms with Gasteiger partial charge in [0.1, 0.15) is 5.78 Å². The Hall–Kier alpha value is -2.38. The Labute approximate surface area is 245 Å². The van der Waals surface area contributed by atoms with Crippen molar-refractivity contribution >= 4 is 39.0 Å². The number of ketones is 2. The van der Waals surface area contributed by atoms with Crippen LogP contribution in [0.4, 0.5) is 0 Å². The van der Waals surface area contributed by atoms with Crippen molar-refractivity contribution in [3.8, 4) is 0 Å². The molecule has 1 heterocycles. The number of carbonyl (C=O) groups excluding carboxylic acids is 3. The molecule has 220 valence electrons. The summed E-state index contributed by atoms with van der Waals surface area (Å²) in [5.74, 6) is -0.00964. The minimum atomic E-state index is -0.460. The van der Waals surface area contributed by atoms with Gasteiger partial charge in [0.2, 0.25) is 5.91 Å². The zero-order valence-corrected chi connectivity index (χ0v) is 25.9. The van der Waals surface area contributed by atoms with E-state index in [4.69, 9.17) is 4.98 Å². The fourth-order valence-electron chi connectivity index (χ4n) is 5.74. The van der Waals surface area contributed by atoms with E-state index in [9.17, 15) is 14.4 Å². The van der Waals surface area contributed by atoms with Gasteiger partial charge < -0.3 is 5.32 Å². The molecule has 1 aliphatic rings. The van der Waals surface area contributed by atoms with Crippen LogP contribution in [0.1, 0.15) is 96.1 Å². The first-order valence-corrected chi connectivity index (χ1v) is 16.2. The predicted octanol–water partition coefficient (Wildman–Crippen LogP) is 6.70. The summed E-state index contributed by atoms with van der Waals surface area (Å²) in [5.41, 5.74) is 2.86. The summed E-state index contributed by atoms with van der Waals surface area (Å²) in [6, 6.07) is 6.25. The van der Waals surface area contributed by atoms with Crippen LogP contribution in [0, 0.1) is 11.8 Å². The maximum absolute atomic E-state index is 13.8. The summed E-state index contributed by atoms with van der Waals surface area (Å²) in [4.78, 5) is 46.3. The van der Waals surface area contributed by atoms with Crippen LogP contribution in [0.25, 0.3) is 10.2 Å². The number of nitrogens with one attached hydrogen (secondary N) is 1. The number of carbonyl (C=O) groups is 3. The van der Waals surface area contributed by atoms with Gasteiger partial charge in [0.05, 0.1) is 21.1 Å². The van der Waals surface area contributed by atoms with Crippen LogP contribution in [-0.4, -0.2) is 53.0 Å². The topological polar surface area (TPSA) is 79.4 Å². The molecule has 1 N–H and O–H groups in total. The van der Waals surface area contributed by atoms with Crippen LogP contribution in [0.2, 0.25) is 0 Å². The number of aromatic nitrogens is 1. The molecule has 1 amide bonds. The van der Waals surface area contributed by atoms with Crippen molar-refractivity contribution in [2.24, 2.45) is 11.8 Å². The van der Waals surface area contributed by atoms with Gasteiger partial charge in [0.15, 0.2) is 5.78 Å². The van der Waals surface area contributed by atoms with E-state index in [1.165, 1.54) is 12.0 Å². The van der Waals surface area contributed by atoms with Gasteiger partial charge in [-0.15, -0.1) is 11.3 Å². The lowest BCUT2D eigenvalue weighted by atomic mass is 9.81. The second-order valence-electron chi connectivity index (χ2n) is 11.3. The van der Waals surface area contributed by atoms with Crippen LogP contribution in [-0.2, 0) is 27.2 Å². The molecule has 0 saturated heterocycles. The summed E-state index contributed by atoms with van der Waals surface area (Å²) in [5, 5.41) is 4.23. The molecule has 0 bridgehead atoms. The molecule has 3 rings (SSSR count). The number of aryl methyl sites for hydroxylation is 1. The zero-order valence-electron chi connectivity index (χ0n) is 25.1. The molecular weight excluding hydrogens is 518 g/mol. The SMILES string of the molecule is C=C(CN(CC)CC)C(=O)CC[C@@H](NC(=O)[C@@H](CC(=O)CC)Cc1nc2ccc(CC)cc2s1)C1CCCCC1. The lowest BCUT2D eigenvalue weighted by Gasteiger charge is -2.32. The fourth-order valence-corrected chi connectivity index (χ4v) is 6.85. The van der Waals surface area contributed by atoms with E-state index in [1.807, 2.05) is 13.0 Å². The maximum Gasteiger partial charge on any atom is 0.224 e. The third kappa shape index (κ3) is 9.34. The van der Waals surface area contributed by atoms with Gasteiger partial charge in [0, 0.05) is 43.8 Å². The predicted molar refractivity (Wildman–Crippen MR) is 166 cm³/mol.